The lowest BCUT2D eigenvalue weighted by atomic mass is 10.0. The molecule has 0 aromatic carbocycles. The highest BCUT2D eigenvalue weighted by molar-refractivity contribution is 5.69. The van der Waals surface area contributed by atoms with E-state index in [-0.39, 0.29) is 18.2 Å². The predicted octanol–water partition coefficient (Wildman–Crippen LogP) is 4.96. The van der Waals surface area contributed by atoms with E-state index in [4.69, 9.17) is 9.72 Å². The number of hydrogen-bond acceptors (Lipinski definition) is 9. The van der Waals surface area contributed by atoms with Gasteiger partial charge in [0.1, 0.15) is 22.8 Å². The standard InChI is InChI=1S/C31H43N9O2/c1-22(39-20-27(33-21-39)26-16-32-17-29(34-26)37-13-5-6-14-37)25-11-12-28(36-35-25)38-15-7-8-24(19-38)40(18-23-9-10-23)30(41)42-31(2,3)4/h11-12,16-17,20-24H,5-10,13-15,18-19H2,1-4H3/t22?,24-/m1/s1. The summed E-state index contributed by atoms with van der Waals surface area (Å²) in [5, 5.41) is 9.23. The smallest absolute Gasteiger partial charge is 0.410 e. The van der Waals surface area contributed by atoms with Gasteiger partial charge < -0.3 is 24.0 Å². The first-order valence-corrected chi connectivity index (χ1v) is 15.4. The van der Waals surface area contributed by atoms with Crippen LogP contribution in [0.2, 0.25) is 0 Å². The monoisotopic (exact) mass is 573 g/mol. The van der Waals surface area contributed by atoms with Crippen LogP contribution in [0.4, 0.5) is 16.4 Å². The molecule has 3 aromatic heterocycles. The van der Waals surface area contributed by atoms with Gasteiger partial charge in [-0.2, -0.15) is 5.10 Å². The van der Waals surface area contributed by atoms with Gasteiger partial charge in [-0.05, 0) is 84.3 Å². The van der Waals surface area contributed by atoms with Crippen molar-refractivity contribution in [1.82, 2.24) is 34.6 Å². The molecule has 3 aromatic rings. The van der Waals surface area contributed by atoms with Gasteiger partial charge >= 0.3 is 6.09 Å². The largest absolute Gasteiger partial charge is 0.444 e. The molecular formula is C31H43N9O2. The Kier molecular flexibility index (Phi) is 8.00. The zero-order chi connectivity index (χ0) is 29.3. The van der Waals surface area contributed by atoms with Crippen molar-refractivity contribution < 1.29 is 9.53 Å². The normalized spacial score (nSPS) is 20.0. The molecule has 0 spiro atoms. The van der Waals surface area contributed by atoms with Gasteiger partial charge in [-0.1, -0.05) is 0 Å². The van der Waals surface area contributed by atoms with E-state index in [9.17, 15) is 4.79 Å². The molecule has 11 nitrogen and oxygen atoms in total. The van der Waals surface area contributed by atoms with E-state index in [2.05, 4.69) is 36.9 Å². The fourth-order valence-electron chi connectivity index (χ4n) is 5.83. The number of hydrogen-bond donors (Lipinski definition) is 0. The van der Waals surface area contributed by atoms with E-state index < -0.39 is 5.60 Å². The summed E-state index contributed by atoms with van der Waals surface area (Å²) >= 11 is 0. The van der Waals surface area contributed by atoms with E-state index in [0.717, 1.165) is 74.3 Å². The van der Waals surface area contributed by atoms with E-state index in [1.165, 1.54) is 25.7 Å². The van der Waals surface area contributed by atoms with Crippen molar-refractivity contribution in [1.29, 1.82) is 0 Å². The minimum atomic E-state index is -0.508. The predicted molar refractivity (Wildman–Crippen MR) is 161 cm³/mol. The molecule has 6 rings (SSSR count). The van der Waals surface area contributed by atoms with Crippen LogP contribution in [0.1, 0.15) is 78.0 Å². The van der Waals surface area contributed by atoms with Gasteiger partial charge in [0.2, 0.25) is 0 Å². The number of amides is 1. The van der Waals surface area contributed by atoms with E-state index in [0.29, 0.717) is 5.92 Å². The van der Waals surface area contributed by atoms with E-state index in [1.54, 1.807) is 6.20 Å². The van der Waals surface area contributed by atoms with Crippen LogP contribution in [0.15, 0.2) is 37.1 Å². The van der Waals surface area contributed by atoms with Gasteiger partial charge in [0, 0.05) is 38.9 Å². The van der Waals surface area contributed by atoms with Crippen molar-refractivity contribution in [2.45, 2.75) is 83.9 Å². The second kappa shape index (κ2) is 11.9. The van der Waals surface area contributed by atoms with Crippen LogP contribution in [-0.4, -0.2) is 85.1 Å². The molecule has 0 N–H and O–H groups in total. The van der Waals surface area contributed by atoms with Crippen LogP contribution in [0.25, 0.3) is 11.4 Å². The maximum absolute atomic E-state index is 13.1. The Labute approximate surface area is 248 Å². The summed E-state index contributed by atoms with van der Waals surface area (Å²) in [6, 6.07) is 4.15. The Morgan fingerprint density at radius 1 is 1.00 bits per heavy atom. The first-order chi connectivity index (χ1) is 20.2. The SMILES string of the molecule is CC(c1ccc(N2CCC[C@@H](N(CC3CC3)C(=O)OC(C)(C)C)C2)nn1)n1cnc(-c2cncc(N3CCCC3)n2)c1. The molecule has 2 saturated heterocycles. The molecule has 3 fully saturated rings. The third-order valence-corrected chi connectivity index (χ3v) is 8.40. The van der Waals surface area contributed by atoms with Crippen LogP contribution in [0.5, 0.6) is 0 Å². The van der Waals surface area contributed by atoms with Gasteiger partial charge in [0.05, 0.1) is 36.5 Å². The highest BCUT2D eigenvalue weighted by Crippen LogP contribution is 2.33. The summed E-state index contributed by atoms with van der Waals surface area (Å²) in [5.41, 5.74) is 1.91. The molecule has 1 unspecified atom stereocenters. The fourth-order valence-corrected chi connectivity index (χ4v) is 5.83. The lowest BCUT2D eigenvalue weighted by Gasteiger charge is -2.40. The minimum absolute atomic E-state index is 0.0437. The van der Waals surface area contributed by atoms with Crippen LogP contribution in [0.3, 0.4) is 0 Å². The number of aromatic nitrogens is 6. The van der Waals surface area contributed by atoms with E-state index in [1.807, 2.05) is 61.1 Å². The zero-order valence-electron chi connectivity index (χ0n) is 25.3. The van der Waals surface area contributed by atoms with Crippen LogP contribution < -0.4 is 9.80 Å². The molecule has 3 aliphatic rings. The number of carbonyl (C=O) groups is 1. The lowest BCUT2D eigenvalue weighted by molar-refractivity contribution is 0.0134. The third-order valence-electron chi connectivity index (χ3n) is 8.40. The van der Waals surface area contributed by atoms with Gasteiger partial charge in [0.15, 0.2) is 5.82 Å². The molecule has 0 bridgehead atoms. The van der Waals surface area contributed by atoms with Gasteiger partial charge in [0.25, 0.3) is 0 Å². The third kappa shape index (κ3) is 6.65. The Bertz CT molecular complexity index is 1360. The molecular weight excluding hydrogens is 530 g/mol. The van der Waals surface area contributed by atoms with Crippen molar-refractivity contribution in [3.8, 4) is 11.4 Å². The molecule has 11 heteroatoms. The zero-order valence-corrected chi connectivity index (χ0v) is 25.3. The average molecular weight is 574 g/mol. The molecule has 1 saturated carbocycles. The lowest BCUT2D eigenvalue weighted by Crippen LogP contribution is -2.52. The van der Waals surface area contributed by atoms with Gasteiger partial charge in [-0.3, -0.25) is 4.98 Å². The summed E-state index contributed by atoms with van der Waals surface area (Å²) in [7, 11) is 0. The van der Waals surface area contributed by atoms with Gasteiger partial charge in [-0.15, -0.1) is 5.10 Å². The number of ether oxygens (including phenoxy) is 1. The first-order valence-electron chi connectivity index (χ1n) is 15.4. The molecule has 42 heavy (non-hydrogen) atoms. The highest BCUT2D eigenvalue weighted by Gasteiger charge is 2.36. The minimum Gasteiger partial charge on any atom is -0.444 e. The second-order valence-electron chi connectivity index (χ2n) is 13.0. The topological polar surface area (TPSA) is 105 Å². The Morgan fingerprint density at radius 3 is 2.50 bits per heavy atom. The molecule has 2 atom stereocenters. The maximum atomic E-state index is 13.1. The Balaban J connectivity index is 1.12. The first kappa shape index (κ1) is 28.4. The van der Waals surface area contributed by atoms with E-state index >= 15 is 0 Å². The van der Waals surface area contributed by atoms with Gasteiger partial charge in [-0.25, -0.2) is 14.8 Å². The molecule has 1 aliphatic carbocycles. The Hall–Kier alpha value is -3.76. The van der Waals surface area contributed by atoms with Crippen LogP contribution in [-0.2, 0) is 4.74 Å². The highest BCUT2D eigenvalue weighted by atomic mass is 16.6. The van der Waals surface area contributed by atoms with Crippen LogP contribution >= 0.6 is 0 Å². The second-order valence-corrected chi connectivity index (χ2v) is 13.0. The number of piperidine rings is 1. The maximum Gasteiger partial charge on any atom is 0.410 e. The average Bonchev–Trinajstić information content (AvgIpc) is 3.41. The number of imidazole rings is 1. The van der Waals surface area contributed by atoms with Crippen molar-refractivity contribution >= 4 is 17.7 Å². The summed E-state index contributed by atoms with van der Waals surface area (Å²) in [6.45, 7) is 12.3. The molecule has 5 heterocycles. The summed E-state index contributed by atoms with van der Waals surface area (Å²) in [4.78, 5) is 33.5. The number of carbonyl (C=O) groups excluding carboxylic acids is 1. The molecule has 0 radical (unpaired) electrons. The van der Waals surface area contributed by atoms with Crippen molar-refractivity contribution in [2.75, 3.05) is 42.5 Å². The van der Waals surface area contributed by atoms with Crippen molar-refractivity contribution in [3.05, 3.63) is 42.7 Å². The fraction of sp³-hybridized carbons (Fsp3) is 0.613. The summed E-state index contributed by atoms with van der Waals surface area (Å²) in [5.74, 6) is 2.35. The molecule has 224 valence electrons. The molecule has 1 amide bonds. The Morgan fingerprint density at radius 2 is 1.79 bits per heavy atom. The summed E-state index contributed by atoms with van der Waals surface area (Å²) < 4.78 is 7.83. The quantitative estimate of drug-likeness (QED) is 0.370. The molecule has 2 aliphatic heterocycles. The summed E-state index contributed by atoms with van der Waals surface area (Å²) in [6.07, 6.45) is 14.0. The van der Waals surface area contributed by atoms with Crippen molar-refractivity contribution in [2.24, 2.45) is 5.92 Å². The number of rotatable bonds is 8. The van der Waals surface area contributed by atoms with Crippen LogP contribution in [0, 0.1) is 5.92 Å². The number of anilines is 2. The van der Waals surface area contributed by atoms with Crippen molar-refractivity contribution in [3.63, 3.8) is 0 Å². The number of nitrogens with zero attached hydrogens (tertiary/aromatic N) is 9.